The normalized spacial score (nSPS) is 17.6. The molecule has 5 rings (SSSR count). The van der Waals surface area contributed by atoms with Crippen molar-refractivity contribution in [2.45, 2.75) is 31.8 Å². The van der Waals surface area contributed by atoms with Crippen LogP contribution in [-0.4, -0.2) is 32.3 Å². The van der Waals surface area contributed by atoms with Gasteiger partial charge in [0.1, 0.15) is 11.9 Å². The van der Waals surface area contributed by atoms with Crippen LogP contribution >= 0.6 is 23.2 Å². The summed E-state index contributed by atoms with van der Waals surface area (Å²) in [5, 5.41) is 4.58. The summed E-state index contributed by atoms with van der Waals surface area (Å²) in [7, 11) is 1.41. The Morgan fingerprint density at radius 2 is 1.77 bits per heavy atom. The molecule has 0 aromatic heterocycles. The molecule has 0 spiro atoms. The van der Waals surface area contributed by atoms with E-state index in [1.165, 1.54) is 12.7 Å². The molecule has 1 aliphatic heterocycles. The van der Waals surface area contributed by atoms with Crippen molar-refractivity contribution in [3.63, 3.8) is 0 Å². The molecule has 0 saturated carbocycles. The van der Waals surface area contributed by atoms with Gasteiger partial charge in [-0.3, -0.25) is 0 Å². The lowest BCUT2D eigenvalue weighted by Crippen LogP contribution is -2.19. The average molecular weight is 508 g/mol. The number of esters is 1. The number of hydrogen-bond acceptors (Lipinski definition) is 4. The first-order valence-corrected chi connectivity index (χ1v) is 12.7. The summed E-state index contributed by atoms with van der Waals surface area (Å²) in [4.78, 5) is 12.2. The van der Waals surface area contributed by atoms with Crippen LogP contribution in [0.1, 0.15) is 51.9 Å². The lowest BCUT2D eigenvalue weighted by atomic mass is 9.87. The first-order chi connectivity index (χ1) is 17.0. The number of rotatable bonds is 5. The van der Waals surface area contributed by atoms with Crippen molar-refractivity contribution in [1.29, 1.82) is 0 Å². The van der Waals surface area contributed by atoms with Crippen LogP contribution in [0, 0.1) is 0 Å². The number of hydrogen-bond donors (Lipinski definition) is 1. The molecule has 3 aromatic carbocycles. The van der Waals surface area contributed by atoms with Gasteiger partial charge in [0.05, 0.1) is 12.7 Å². The third-order valence-electron chi connectivity index (χ3n) is 6.69. The molecule has 1 N–H and O–H groups in total. The second-order valence-electron chi connectivity index (χ2n) is 8.95. The molecule has 35 heavy (non-hydrogen) atoms. The Hall–Kier alpha value is -2.79. The summed E-state index contributed by atoms with van der Waals surface area (Å²) in [6, 6.07) is 19.8. The zero-order chi connectivity index (χ0) is 24.4. The number of ether oxygens (including phenoxy) is 2. The molecule has 4 nitrogen and oxygen atoms in total. The molecule has 1 atom stereocenters. The first-order valence-electron chi connectivity index (χ1n) is 11.9. The number of aryl methyl sites for hydroxylation is 1. The number of methoxy groups -OCH3 is 1. The first kappa shape index (κ1) is 23.9. The molecule has 1 aliphatic carbocycles. The van der Waals surface area contributed by atoms with Crippen LogP contribution in [0.2, 0.25) is 10.0 Å². The summed E-state index contributed by atoms with van der Waals surface area (Å²) in [5.74, 6) is 0.537. The Morgan fingerprint density at radius 1 is 0.971 bits per heavy atom. The molecule has 2 aliphatic rings. The summed E-state index contributed by atoms with van der Waals surface area (Å²) in [6.45, 7) is 1.87. The van der Waals surface area contributed by atoms with Gasteiger partial charge in [-0.25, -0.2) is 4.79 Å². The van der Waals surface area contributed by atoms with E-state index < -0.39 is 0 Å². The third kappa shape index (κ3) is 5.11. The van der Waals surface area contributed by atoms with Gasteiger partial charge >= 0.3 is 5.97 Å². The molecule has 6 heteroatoms. The van der Waals surface area contributed by atoms with E-state index in [1.54, 1.807) is 6.07 Å². The SMILES string of the molecule is COC(=O)c1ccc2c(c1)CCCC(c1ccc(Cl)cc1Cl)=C2c1ccc(O[C@@H]2CCNC2)cc1. The van der Waals surface area contributed by atoms with E-state index in [1.807, 2.05) is 42.5 Å². The molecule has 3 aromatic rings. The summed E-state index contributed by atoms with van der Waals surface area (Å²) in [5.41, 5.74) is 7.14. The van der Waals surface area contributed by atoms with Gasteiger partial charge in [-0.2, -0.15) is 0 Å². The van der Waals surface area contributed by atoms with Gasteiger partial charge in [-0.1, -0.05) is 47.5 Å². The van der Waals surface area contributed by atoms with E-state index >= 15 is 0 Å². The summed E-state index contributed by atoms with van der Waals surface area (Å²) in [6.07, 6.45) is 3.87. The second-order valence-corrected chi connectivity index (χ2v) is 9.80. The highest BCUT2D eigenvalue weighted by Gasteiger charge is 2.23. The fraction of sp³-hybridized carbons (Fsp3) is 0.276. The topological polar surface area (TPSA) is 47.6 Å². The van der Waals surface area contributed by atoms with E-state index in [0.717, 1.165) is 72.3 Å². The number of carbonyl (C=O) groups excluding carboxylic acids is 1. The fourth-order valence-electron chi connectivity index (χ4n) is 4.99. The van der Waals surface area contributed by atoms with Crippen molar-refractivity contribution in [2.24, 2.45) is 0 Å². The lowest BCUT2D eigenvalue weighted by Gasteiger charge is -2.19. The minimum Gasteiger partial charge on any atom is -0.489 e. The molecular weight excluding hydrogens is 481 g/mol. The second kappa shape index (κ2) is 10.4. The third-order valence-corrected chi connectivity index (χ3v) is 7.24. The number of allylic oxidation sites excluding steroid dienone is 1. The van der Waals surface area contributed by atoms with Gasteiger partial charge in [0.2, 0.25) is 0 Å². The Labute approximate surface area is 215 Å². The van der Waals surface area contributed by atoms with Gasteiger partial charge in [-0.05, 0) is 102 Å². The van der Waals surface area contributed by atoms with E-state index in [-0.39, 0.29) is 12.1 Å². The number of nitrogens with one attached hydrogen (secondary N) is 1. The molecule has 0 amide bonds. The molecule has 0 bridgehead atoms. The Balaban J connectivity index is 1.63. The van der Waals surface area contributed by atoms with Crippen molar-refractivity contribution in [1.82, 2.24) is 5.32 Å². The zero-order valence-electron chi connectivity index (χ0n) is 19.6. The largest absolute Gasteiger partial charge is 0.489 e. The van der Waals surface area contributed by atoms with Crippen LogP contribution in [0.3, 0.4) is 0 Å². The molecule has 0 radical (unpaired) electrons. The maximum absolute atomic E-state index is 12.2. The van der Waals surface area contributed by atoms with Crippen molar-refractivity contribution in [3.05, 3.63) is 98.5 Å². The van der Waals surface area contributed by atoms with Gasteiger partial charge in [0.25, 0.3) is 0 Å². The molecule has 0 unspecified atom stereocenters. The molecule has 1 fully saturated rings. The Bertz CT molecular complexity index is 1280. The predicted octanol–water partition coefficient (Wildman–Crippen LogP) is 6.82. The number of carbonyl (C=O) groups is 1. The zero-order valence-corrected chi connectivity index (χ0v) is 21.1. The number of halogens is 2. The van der Waals surface area contributed by atoms with Crippen LogP contribution in [0.25, 0.3) is 11.1 Å². The van der Waals surface area contributed by atoms with Crippen LogP contribution in [0.15, 0.2) is 60.7 Å². The van der Waals surface area contributed by atoms with Crippen LogP contribution < -0.4 is 10.1 Å². The summed E-state index contributed by atoms with van der Waals surface area (Å²) >= 11 is 12.9. The number of fused-ring (bicyclic) bond motifs is 1. The lowest BCUT2D eigenvalue weighted by molar-refractivity contribution is 0.0600. The fourth-order valence-corrected chi connectivity index (χ4v) is 5.51. The Kier molecular flexibility index (Phi) is 7.14. The van der Waals surface area contributed by atoms with Crippen LogP contribution in [0.5, 0.6) is 5.75 Å². The standard InChI is InChI=1S/C29H27Cl2NO3/c1-34-29(33)20-7-11-24-19(15-20)3-2-4-26(25-12-8-21(30)16-27(25)31)28(24)18-5-9-22(10-6-18)35-23-13-14-32-17-23/h5-12,15-16,23,32H,2-4,13-14,17H2,1H3/t23-/m1/s1. The molecular formula is C29H27Cl2NO3. The van der Waals surface area contributed by atoms with E-state index in [0.29, 0.717) is 15.6 Å². The van der Waals surface area contributed by atoms with Gasteiger partial charge in [0, 0.05) is 16.6 Å². The summed E-state index contributed by atoms with van der Waals surface area (Å²) < 4.78 is 11.1. The van der Waals surface area contributed by atoms with Gasteiger partial charge < -0.3 is 14.8 Å². The predicted molar refractivity (Wildman–Crippen MR) is 141 cm³/mol. The van der Waals surface area contributed by atoms with E-state index in [2.05, 4.69) is 17.4 Å². The van der Waals surface area contributed by atoms with E-state index in [4.69, 9.17) is 32.7 Å². The minimum atomic E-state index is -0.327. The monoisotopic (exact) mass is 507 g/mol. The molecule has 180 valence electrons. The quantitative estimate of drug-likeness (QED) is 0.385. The molecule has 1 saturated heterocycles. The number of benzene rings is 3. The highest BCUT2D eigenvalue weighted by Crippen LogP contribution is 2.42. The van der Waals surface area contributed by atoms with Crippen LogP contribution in [0.4, 0.5) is 0 Å². The average Bonchev–Trinajstić information content (AvgIpc) is 3.30. The smallest absolute Gasteiger partial charge is 0.337 e. The maximum Gasteiger partial charge on any atom is 0.337 e. The Morgan fingerprint density at radius 3 is 2.49 bits per heavy atom. The maximum atomic E-state index is 12.2. The minimum absolute atomic E-state index is 0.207. The highest BCUT2D eigenvalue weighted by molar-refractivity contribution is 6.36. The van der Waals surface area contributed by atoms with Crippen LogP contribution in [-0.2, 0) is 11.2 Å². The van der Waals surface area contributed by atoms with Crippen molar-refractivity contribution in [2.75, 3.05) is 20.2 Å². The van der Waals surface area contributed by atoms with Crippen molar-refractivity contribution >= 4 is 40.3 Å². The van der Waals surface area contributed by atoms with Crippen molar-refractivity contribution < 1.29 is 14.3 Å². The van der Waals surface area contributed by atoms with Crippen molar-refractivity contribution in [3.8, 4) is 5.75 Å². The van der Waals surface area contributed by atoms with E-state index in [9.17, 15) is 4.79 Å². The van der Waals surface area contributed by atoms with Gasteiger partial charge in [0.15, 0.2) is 0 Å². The highest BCUT2D eigenvalue weighted by atomic mass is 35.5. The molecule has 1 heterocycles. The van der Waals surface area contributed by atoms with Gasteiger partial charge in [-0.15, -0.1) is 0 Å².